The highest BCUT2D eigenvalue weighted by atomic mass is 16.5. The maximum atomic E-state index is 9.94. The Morgan fingerprint density at radius 1 is 0.333 bits per heavy atom. The zero-order chi connectivity index (χ0) is 52.1. The van der Waals surface area contributed by atoms with E-state index in [0.717, 1.165) is 0 Å². The standard InChI is InChI=1S/C44H26O/c1-2-7-27(8-3-1)33-23-34(32-19-22-40-39(26-32)37-13-5-11-28-12-6-14-41(45-40)43(28)37)25-35(24-33)36-20-17-31-16-15-29-9-4-10-30-18-21-38(36)44(31)42(29)30/h1-26H/i1D,2D,3D,4D,5D,6D,7D,8D,9D,10D,11D,12D,13D,14D,15D,16D,17D,18D,19D,20D,21D,22D,23D,24D,25D,26D. The molecule has 45 heavy (non-hydrogen) atoms. The van der Waals surface area contributed by atoms with E-state index in [4.69, 9.17) is 28.0 Å². The van der Waals surface area contributed by atoms with Gasteiger partial charge in [-0.25, -0.2) is 0 Å². The second-order valence-corrected chi connectivity index (χ2v) is 10.0. The van der Waals surface area contributed by atoms with E-state index in [1.165, 1.54) is 0 Å². The second kappa shape index (κ2) is 9.29. The van der Waals surface area contributed by atoms with E-state index >= 15 is 0 Å². The zero-order valence-electron chi connectivity index (χ0n) is 48.4. The highest BCUT2D eigenvalue weighted by molar-refractivity contribution is 6.25. The predicted molar refractivity (Wildman–Crippen MR) is 189 cm³/mol. The van der Waals surface area contributed by atoms with Crippen molar-refractivity contribution in [3.8, 4) is 56.0 Å². The van der Waals surface area contributed by atoms with Crippen LogP contribution >= 0.6 is 0 Å². The Hall–Kier alpha value is -5.92. The SMILES string of the molecule is [2H]c1c([2H])c([2H])c(-c2c([2H])c(-c3c([2H])c([2H])c4c(c3[2H])-c3c([2H])c([2H])c([2H])c5c([2H])c([2H])c([2H])c(c35)O4)c([2H])c(-c3c([2H])c([2H])c4c([2H])c([2H])c5c([2H])c([2H])c([2H])c6c([2H])c([2H])c3c4c56)c2[2H])c([2H])c1[2H]. The molecule has 0 radical (unpaired) electrons. The van der Waals surface area contributed by atoms with E-state index < -0.39 is 240 Å². The lowest BCUT2D eigenvalue weighted by atomic mass is 9.87. The summed E-state index contributed by atoms with van der Waals surface area (Å²) in [6.07, 6.45) is 0. The van der Waals surface area contributed by atoms with Crippen molar-refractivity contribution in [3.05, 3.63) is 157 Å². The van der Waals surface area contributed by atoms with Gasteiger partial charge in [-0.3, -0.25) is 0 Å². The Morgan fingerprint density at radius 2 is 0.978 bits per heavy atom. The molecule has 0 fully saturated rings. The molecule has 208 valence electrons. The van der Waals surface area contributed by atoms with Crippen LogP contribution in [0, 0.1) is 0 Å². The van der Waals surface area contributed by atoms with E-state index in [2.05, 4.69) is 0 Å². The van der Waals surface area contributed by atoms with Gasteiger partial charge in [0.25, 0.3) is 0 Å². The minimum atomic E-state index is -1.08. The number of fused-ring (bicyclic) bond motifs is 2. The van der Waals surface area contributed by atoms with Gasteiger partial charge in [-0.05, 0) is 113 Å². The minimum absolute atomic E-state index is 0.316. The van der Waals surface area contributed by atoms with Crippen LogP contribution in [0.2, 0.25) is 0 Å². The topological polar surface area (TPSA) is 9.23 Å². The van der Waals surface area contributed by atoms with Gasteiger partial charge in [0.1, 0.15) is 11.5 Å². The predicted octanol–water partition coefficient (Wildman–Crippen LogP) is 12.5. The van der Waals surface area contributed by atoms with Gasteiger partial charge in [-0.2, -0.15) is 0 Å². The van der Waals surface area contributed by atoms with Crippen LogP contribution < -0.4 is 4.74 Å². The lowest BCUT2D eigenvalue weighted by Gasteiger charge is -2.22. The van der Waals surface area contributed by atoms with Gasteiger partial charge < -0.3 is 4.74 Å². The number of rotatable bonds is 3. The van der Waals surface area contributed by atoms with Crippen molar-refractivity contribution in [3.63, 3.8) is 0 Å². The first-order valence-electron chi connectivity index (χ1n) is 26.4. The minimum Gasteiger partial charge on any atom is -0.456 e. The summed E-state index contributed by atoms with van der Waals surface area (Å²) in [7, 11) is 0. The molecule has 1 heterocycles. The summed E-state index contributed by atoms with van der Waals surface area (Å²) >= 11 is 0. The van der Waals surface area contributed by atoms with Crippen molar-refractivity contribution >= 4 is 43.1 Å². The number of hydrogen-bond donors (Lipinski definition) is 0. The fourth-order valence-electron chi connectivity index (χ4n) is 5.55. The molecule has 0 N–H and O–H groups in total. The van der Waals surface area contributed by atoms with Crippen molar-refractivity contribution in [1.29, 1.82) is 0 Å². The van der Waals surface area contributed by atoms with Gasteiger partial charge in [0, 0.05) is 10.9 Å². The number of hydrogen-bond acceptors (Lipinski definition) is 1. The first kappa shape index (κ1) is 10.3. The largest absolute Gasteiger partial charge is 0.456 e. The lowest BCUT2D eigenvalue weighted by Crippen LogP contribution is -1.97. The summed E-state index contributed by atoms with van der Waals surface area (Å²) in [6, 6.07) is -22.7. The van der Waals surface area contributed by atoms with Gasteiger partial charge in [0.2, 0.25) is 0 Å². The van der Waals surface area contributed by atoms with Crippen molar-refractivity contribution < 1.29 is 40.4 Å². The summed E-state index contributed by atoms with van der Waals surface area (Å²) in [5, 5.41) is -3.44. The third kappa shape index (κ3) is 3.68. The van der Waals surface area contributed by atoms with Crippen LogP contribution in [0.4, 0.5) is 0 Å². The molecule has 1 heteroatoms. The van der Waals surface area contributed by atoms with Gasteiger partial charge >= 0.3 is 0 Å². The second-order valence-electron chi connectivity index (χ2n) is 10.0. The zero-order valence-corrected chi connectivity index (χ0v) is 22.4. The molecule has 0 aliphatic carbocycles. The third-order valence-corrected chi connectivity index (χ3v) is 7.51. The Kier molecular flexibility index (Phi) is 2.13. The van der Waals surface area contributed by atoms with Gasteiger partial charge in [-0.15, -0.1) is 0 Å². The highest BCUT2D eigenvalue weighted by Crippen LogP contribution is 2.48. The van der Waals surface area contributed by atoms with Crippen molar-refractivity contribution in [2.45, 2.75) is 0 Å². The van der Waals surface area contributed by atoms with E-state index in [1.54, 1.807) is 0 Å². The van der Waals surface area contributed by atoms with Crippen LogP contribution in [0.15, 0.2) is 157 Å². The lowest BCUT2D eigenvalue weighted by molar-refractivity contribution is 0.487. The van der Waals surface area contributed by atoms with Crippen LogP contribution in [-0.2, 0) is 0 Å². The first-order valence-corrected chi connectivity index (χ1v) is 13.4. The molecule has 0 bridgehead atoms. The molecular weight excluding hydrogens is 544 g/mol. The summed E-state index contributed by atoms with van der Waals surface area (Å²) in [5.74, 6) is -1.22. The van der Waals surface area contributed by atoms with E-state index in [-0.39, 0.29) is 16.2 Å². The quantitative estimate of drug-likeness (QED) is 0.184. The van der Waals surface area contributed by atoms with Crippen LogP contribution in [0.1, 0.15) is 35.6 Å². The average molecular weight is 597 g/mol. The molecule has 0 aromatic heterocycles. The van der Waals surface area contributed by atoms with Crippen molar-refractivity contribution in [2.24, 2.45) is 0 Å². The molecule has 0 unspecified atom stereocenters. The number of benzene rings is 9. The molecule has 1 aliphatic heterocycles. The molecule has 9 aromatic carbocycles. The summed E-state index contributed by atoms with van der Waals surface area (Å²) in [4.78, 5) is 0. The fourth-order valence-corrected chi connectivity index (χ4v) is 5.55. The molecule has 0 saturated heterocycles. The molecule has 0 atom stereocenters. The van der Waals surface area contributed by atoms with Crippen LogP contribution in [-0.4, -0.2) is 0 Å². The molecule has 1 aliphatic rings. The fraction of sp³-hybridized carbons (Fsp3) is 0. The summed E-state index contributed by atoms with van der Waals surface area (Å²) in [5.41, 5.74) is -6.19. The number of ether oxygens (including phenoxy) is 1. The Labute approximate surface area is 297 Å². The van der Waals surface area contributed by atoms with Gasteiger partial charge in [-0.1, -0.05) is 121 Å². The molecule has 9 aromatic rings. The van der Waals surface area contributed by atoms with Crippen LogP contribution in [0.3, 0.4) is 0 Å². The van der Waals surface area contributed by atoms with Crippen molar-refractivity contribution in [1.82, 2.24) is 0 Å². The highest BCUT2D eigenvalue weighted by Gasteiger charge is 2.21. The molecule has 0 saturated carbocycles. The Bertz CT molecular complexity index is 4030. The third-order valence-electron chi connectivity index (χ3n) is 7.51. The van der Waals surface area contributed by atoms with E-state index in [9.17, 15) is 12.3 Å². The maximum absolute atomic E-state index is 9.94. The van der Waals surface area contributed by atoms with Gasteiger partial charge in [0.15, 0.2) is 0 Å². The molecule has 0 amide bonds. The summed E-state index contributed by atoms with van der Waals surface area (Å²) in [6.45, 7) is 0. The molecule has 0 spiro atoms. The average Bonchev–Trinajstić information content (AvgIpc) is 3.33. The normalized spacial score (nSPS) is 20.3. The van der Waals surface area contributed by atoms with E-state index in [1.807, 2.05) is 0 Å². The summed E-state index contributed by atoms with van der Waals surface area (Å²) < 4.78 is 240. The van der Waals surface area contributed by atoms with E-state index in [0.29, 0.717) is 0 Å². The Balaban J connectivity index is 1.47. The maximum Gasteiger partial charge on any atom is 0.135 e. The monoisotopic (exact) mass is 596 g/mol. The molecule has 10 rings (SSSR count). The molecular formula is C44H26O. The molecule has 1 nitrogen and oxygen atoms in total. The van der Waals surface area contributed by atoms with Crippen molar-refractivity contribution in [2.75, 3.05) is 0 Å². The first-order chi connectivity index (χ1) is 33.2. The Morgan fingerprint density at radius 3 is 1.80 bits per heavy atom. The smallest absolute Gasteiger partial charge is 0.135 e. The van der Waals surface area contributed by atoms with Gasteiger partial charge in [0.05, 0.1) is 35.6 Å². The van der Waals surface area contributed by atoms with Crippen LogP contribution in [0.25, 0.3) is 87.6 Å². The van der Waals surface area contributed by atoms with Crippen LogP contribution in [0.5, 0.6) is 11.5 Å².